The lowest BCUT2D eigenvalue weighted by molar-refractivity contribution is 0.0993. The fraction of sp³-hybridized carbons (Fsp3) is 0.0833. The number of nitrogens with one attached hydrogen (secondary N) is 1. The number of carbonyl (C=O) groups is 2. The first-order valence-corrected chi connectivity index (χ1v) is 4.85. The summed E-state index contributed by atoms with van der Waals surface area (Å²) < 4.78 is 0. The van der Waals surface area contributed by atoms with Crippen LogP contribution in [0.1, 0.15) is 26.4 Å². The minimum atomic E-state index is -0.0180. The number of H-pyrrole nitrogens is 1. The van der Waals surface area contributed by atoms with E-state index in [4.69, 9.17) is 0 Å². The second-order valence-corrected chi connectivity index (χ2v) is 3.42. The molecule has 2 aromatic heterocycles. The van der Waals surface area contributed by atoms with Crippen LogP contribution < -0.4 is 0 Å². The molecule has 0 saturated heterocycles. The van der Waals surface area contributed by atoms with Crippen LogP contribution in [0.3, 0.4) is 0 Å². The Morgan fingerprint density at radius 2 is 2.12 bits per heavy atom. The van der Waals surface area contributed by atoms with Gasteiger partial charge in [-0.1, -0.05) is 0 Å². The van der Waals surface area contributed by atoms with E-state index in [2.05, 4.69) is 9.97 Å². The van der Waals surface area contributed by atoms with Crippen molar-refractivity contribution in [3.8, 4) is 0 Å². The van der Waals surface area contributed by atoms with E-state index in [0.29, 0.717) is 24.0 Å². The molecule has 0 unspecified atom stereocenters. The van der Waals surface area contributed by atoms with Crippen molar-refractivity contribution in [1.82, 2.24) is 9.97 Å². The van der Waals surface area contributed by atoms with Gasteiger partial charge in [0.15, 0.2) is 12.1 Å². The number of hydrogen-bond donors (Lipinski definition) is 1. The first kappa shape index (κ1) is 10.3. The van der Waals surface area contributed by atoms with E-state index in [1.807, 2.05) is 0 Å². The van der Waals surface area contributed by atoms with Gasteiger partial charge in [0.05, 0.1) is 5.69 Å². The minimum absolute atomic E-state index is 0.0180. The van der Waals surface area contributed by atoms with Crippen LogP contribution in [0.25, 0.3) is 0 Å². The summed E-state index contributed by atoms with van der Waals surface area (Å²) in [4.78, 5) is 28.8. The van der Waals surface area contributed by atoms with E-state index < -0.39 is 0 Å². The Labute approximate surface area is 92.3 Å². The summed E-state index contributed by atoms with van der Waals surface area (Å²) >= 11 is 0. The summed E-state index contributed by atoms with van der Waals surface area (Å²) in [5, 5.41) is 0. The van der Waals surface area contributed by atoms with Crippen molar-refractivity contribution in [3.63, 3.8) is 0 Å². The Morgan fingerprint density at radius 3 is 2.75 bits per heavy atom. The van der Waals surface area contributed by atoms with Crippen LogP contribution in [0.2, 0.25) is 0 Å². The molecule has 4 nitrogen and oxygen atoms in total. The molecule has 0 saturated carbocycles. The van der Waals surface area contributed by atoms with Gasteiger partial charge in [0.1, 0.15) is 0 Å². The van der Waals surface area contributed by atoms with Crippen LogP contribution in [-0.2, 0) is 6.42 Å². The maximum atomic E-state index is 11.8. The Hall–Kier alpha value is -2.23. The zero-order valence-corrected chi connectivity index (χ0v) is 8.51. The highest BCUT2D eigenvalue weighted by Crippen LogP contribution is 2.07. The summed E-state index contributed by atoms with van der Waals surface area (Å²) in [7, 11) is 0. The predicted octanol–water partition coefficient (Wildman–Crippen LogP) is 1.65. The SMILES string of the molecule is O=Cc1cc(C(=O)Cc2ccncc2)c[nH]1. The van der Waals surface area contributed by atoms with Crippen LogP contribution in [0, 0.1) is 0 Å². The molecule has 0 fully saturated rings. The van der Waals surface area contributed by atoms with Crippen molar-refractivity contribution < 1.29 is 9.59 Å². The summed E-state index contributed by atoms with van der Waals surface area (Å²) in [6, 6.07) is 5.15. The number of ketones is 1. The smallest absolute Gasteiger partial charge is 0.168 e. The summed E-state index contributed by atoms with van der Waals surface area (Å²) in [5.74, 6) is -0.0180. The molecule has 80 valence electrons. The molecule has 0 amide bonds. The van der Waals surface area contributed by atoms with Crippen LogP contribution >= 0.6 is 0 Å². The van der Waals surface area contributed by atoms with Gasteiger partial charge in [-0.2, -0.15) is 0 Å². The number of nitrogens with zero attached hydrogens (tertiary/aromatic N) is 1. The monoisotopic (exact) mass is 214 g/mol. The highest BCUT2D eigenvalue weighted by atomic mass is 16.1. The molecule has 4 heteroatoms. The first-order chi connectivity index (χ1) is 7.79. The molecule has 0 aliphatic carbocycles. The van der Waals surface area contributed by atoms with Crippen molar-refractivity contribution in [1.29, 1.82) is 0 Å². The highest BCUT2D eigenvalue weighted by Gasteiger charge is 2.08. The number of hydrogen-bond acceptors (Lipinski definition) is 3. The summed E-state index contributed by atoms with van der Waals surface area (Å²) in [6.45, 7) is 0. The number of aromatic nitrogens is 2. The lowest BCUT2D eigenvalue weighted by Crippen LogP contribution is -2.01. The number of aromatic amines is 1. The molecular weight excluding hydrogens is 204 g/mol. The van der Waals surface area contributed by atoms with Crippen molar-refractivity contribution in [2.75, 3.05) is 0 Å². The molecular formula is C12H10N2O2. The van der Waals surface area contributed by atoms with Gasteiger partial charge in [-0.25, -0.2) is 0 Å². The van der Waals surface area contributed by atoms with Gasteiger partial charge >= 0.3 is 0 Å². The Kier molecular flexibility index (Phi) is 2.91. The topological polar surface area (TPSA) is 62.8 Å². The van der Waals surface area contributed by atoms with E-state index >= 15 is 0 Å². The van der Waals surface area contributed by atoms with Gasteiger partial charge in [0.2, 0.25) is 0 Å². The third-order valence-electron chi connectivity index (χ3n) is 2.27. The third kappa shape index (κ3) is 2.23. The van der Waals surface area contributed by atoms with Crippen LogP contribution in [0.4, 0.5) is 0 Å². The minimum Gasteiger partial charge on any atom is -0.358 e. The molecule has 0 bridgehead atoms. The Morgan fingerprint density at radius 1 is 1.38 bits per heavy atom. The van der Waals surface area contributed by atoms with Gasteiger partial charge in [0, 0.05) is 30.6 Å². The second kappa shape index (κ2) is 4.53. The van der Waals surface area contributed by atoms with Crippen molar-refractivity contribution in [2.45, 2.75) is 6.42 Å². The molecule has 0 radical (unpaired) electrons. The molecule has 0 aliphatic rings. The van der Waals surface area contributed by atoms with Crippen molar-refractivity contribution >= 4 is 12.1 Å². The molecule has 2 heterocycles. The molecule has 0 atom stereocenters. The second-order valence-electron chi connectivity index (χ2n) is 3.42. The van der Waals surface area contributed by atoms with Gasteiger partial charge in [-0.15, -0.1) is 0 Å². The molecule has 2 aromatic rings. The van der Waals surface area contributed by atoms with Crippen molar-refractivity contribution in [3.05, 3.63) is 53.6 Å². The fourth-order valence-electron chi connectivity index (χ4n) is 1.43. The zero-order valence-electron chi connectivity index (χ0n) is 8.51. The van der Waals surface area contributed by atoms with E-state index in [1.54, 1.807) is 36.8 Å². The van der Waals surface area contributed by atoms with Gasteiger partial charge in [-0.05, 0) is 23.8 Å². The molecule has 16 heavy (non-hydrogen) atoms. The lowest BCUT2D eigenvalue weighted by Gasteiger charge is -1.97. The van der Waals surface area contributed by atoms with Gasteiger partial charge in [-0.3, -0.25) is 14.6 Å². The summed E-state index contributed by atoms with van der Waals surface area (Å²) in [6.07, 6.45) is 5.85. The van der Waals surface area contributed by atoms with E-state index in [1.165, 1.54) is 0 Å². The molecule has 0 aromatic carbocycles. The number of pyridine rings is 1. The average molecular weight is 214 g/mol. The Bertz CT molecular complexity index is 503. The molecule has 0 aliphatic heterocycles. The van der Waals surface area contributed by atoms with E-state index in [9.17, 15) is 9.59 Å². The average Bonchev–Trinajstić information content (AvgIpc) is 2.79. The standard InChI is InChI=1S/C12H10N2O2/c15-8-11-6-10(7-14-11)12(16)5-9-1-3-13-4-2-9/h1-4,6-8,14H,5H2. The third-order valence-corrected chi connectivity index (χ3v) is 2.27. The molecule has 2 rings (SSSR count). The lowest BCUT2D eigenvalue weighted by atomic mass is 10.1. The van der Waals surface area contributed by atoms with Gasteiger partial charge < -0.3 is 4.98 Å². The van der Waals surface area contributed by atoms with Crippen LogP contribution in [0.5, 0.6) is 0 Å². The predicted molar refractivity (Wildman–Crippen MR) is 58.5 cm³/mol. The maximum absolute atomic E-state index is 11.8. The summed E-state index contributed by atoms with van der Waals surface area (Å²) in [5.41, 5.74) is 1.85. The number of rotatable bonds is 4. The van der Waals surface area contributed by atoms with Crippen molar-refractivity contribution in [2.24, 2.45) is 0 Å². The van der Waals surface area contributed by atoms with E-state index in [-0.39, 0.29) is 5.78 Å². The van der Waals surface area contributed by atoms with Crippen LogP contribution in [0.15, 0.2) is 36.8 Å². The molecule has 1 N–H and O–H groups in total. The quantitative estimate of drug-likeness (QED) is 0.621. The van der Waals surface area contributed by atoms with Crippen LogP contribution in [-0.4, -0.2) is 22.0 Å². The normalized spacial score (nSPS) is 10.0. The zero-order chi connectivity index (χ0) is 11.4. The highest BCUT2D eigenvalue weighted by molar-refractivity contribution is 5.98. The molecule has 0 spiro atoms. The van der Waals surface area contributed by atoms with E-state index in [0.717, 1.165) is 5.56 Å². The first-order valence-electron chi connectivity index (χ1n) is 4.85. The number of carbonyl (C=O) groups excluding carboxylic acids is 2. The number of Topliss-reactive ketones (excluding diaryl/α,β-unsaturated/α-hetero) is 1. The fourth-order valence-corrected chi connectivity index (χ4v) is 1.43. The maximum Gasteiger partial charge on any atom is 0.168 e. The van der Waals surface area contributed by atoms with Gasteiger partial charge in [0.25, 0.3) is 0 Å². The largest absolute Gasteiger partial charge is 0.358 e. The number of aldehydes is 1. The Balaban J connectivity index is 2.11.